The SMILES string of the molecule is CCc1ccc(OC)c(NC(=O)C2CCN(S(C)(=O)=O)CC2)c1. The smallest absolute Gasteiger partial charge is 0.227 e. The van der Waals surface area contributed by atoms with Crippen molar-refractivity contribution in [3.05, 3.63) is 23.8 Å². The Balaban J connectivity index is 2.03. The van der Waals surface area contributed by atoms with Gasteiger partial charge in [0.25, 0.3) is 0 Å². The average molecular weight is 340 g/mol. The Hall–Kier alpha value is -1.60. The molecule has 23 heavy (non-hydrogen) atoms. The van der Waals surface area contributed by atoms with E-state index >= 15 is 0 Å². The second-order valence-electron chi connectivity index (χ2n) is 5.81. The number of methoxy groups -OCH3 is 1. The van der Waals surface area contributed by atoms with Crippen molar-refractivity contribution < 1.29 is 17.9 Å². The summed E-state index contributed by atoms with van der Waals surface area (Å²) in [5, 5.41) is 2.93. The Morgan fingerprint density at radius 3 is 2.52 bits per heavy atom. The van der Waals surface area contributed by atoms with E-state index in [9.17, 15) is 13.2 Å². The van der Waals surface area contributed by atoms with Gasteiger partial charge in [0, 0.05) is 19.0 Å². The summed E-state index contributed by atoms with van der Waals surface area (Å²) in [5.74, 6) is 0.372. The summed E-state index contributed by atoms with van der Waals surface area (Å²) in [6, 6.07) is 5.74. The van der Waals surface area contributed by atoms with Gasteiger partial charge in [0.15, 0.2) is 0 Å². The van der Waals surface area contributed by atoms with Crippen LogP contribution in [-0.2, 0) is 21.2 Å². The van der Waals surface area contributed by atoms with Gasteiger partial charge in [-0.1, -0.05) is 13.0 Å². The molecule has 0 spiro atoms. The molecule has 1 saturated heterocycles. The molecule has 0 aromatic heterocycles. The Morgan fingerprint density at radius 1 is 1.35 bits per heavy atom. The number of hydrogen-bond acceptors (Lipinski definition) is 4. The molecule has 128 valence electrons. The quantitative estimate of drug-likeness (QED) is 0.888. The molecule has 1 aromatic rings. The first kappa shape index (κ1) is 17.7. The molecule has 1 aliphatic rings. The molecule has 0 unspecified atom stereocenters. The van der Waals surface area contributed by atoms with Gasteiger partial charge in [-0.25, -0.2) is 12.7 Å². The van der Waals surface area contributed by atoms with Gasteiger partial charge in [-0.05, 0) is 37.0 Å². The molecule has 0 saturated carbocycles. The number of amides is 1. The number of rotatable bonds is 5. The second-order valence-corrected chi connectivity index (χ2v) is 7.80. The monoisotopic (exact) mass is 340 g/mol. The molecule has 1 N–H and O–H groups in total. The number of nitrogens with one attached hydrogen (secondary N) is 1. The number of ether oxygens (including phenoxy) is 1. The van der Waals surface area contributed by atoms with E-state index in [1.165, 1.54) is 10.6 Å². The van der Waals surface area contributed by atoms with Gasteiger partial charge in [0.1, 0.15) is 5.75 Å². The third kappa shape index (κ3) is 4.45. The first-order valence-corrected chi connectivity index (χ1v) is 9.63. The van der Waals surface area contributed by atoms with Gasteiger partial charge in [-0.2, -0.15) is 0 Å². The van der Waals surface area contributed by atoms with Crippen LogP contribution < -0.4 is 10.1 Å². The molecule has 0 bridgehead atoms. The van der Waals surface area contributed by atoms with E-state index < -0.39 is 10.0 Å². The van der Waals surface area contributed by atoms with Crippen LogP contribution in [0.2, 0.25) is 0 Å². The lowest BCUT2D eigenvalue weighted by molar-refractivity contribution is -0.120. The van der Waals surface area contributed by atoms with Crippen molar-refractivity contribution in [1.82, 2.24) is 4.31 Å². The maximum absolute atomic E-state index is 12.5. The van der Waals surface area contributed by atoms with Gasteiger partial charge < -0.3 is 10.1 Å². The first-order chi connectivity index (χ1) is 10.8. The maximum Gasteiger partial charge on any atom is 0.227 e. The Kier molecular flexibility index (Phi) is 5.64. The Labute approximate surface area is 137 Å². The number of hydrogen-bond donors (Lipinski definition) is 1. The number of carbonyl (C=O) groups is 1. The minimum Gasteiger partial charge on any atom is -0.495 e. The number of sulfonamides is 1. The van der Waals surface area contributed by atoms with Crippen LogP contribution in [0.5, 0.6) is 5.75 Å². The summed E-state index contributed by atoms with van der Waals surface area (Å²) >= 11 is 0. The topological polar surface area (TPSA) is 75.7 Å². The van der Waals surface area contributed by atoms with Gasteiger partial charge in [-0.3, -0.25) is 4.79 Å². The highest BCUT2D eigenvalue weighted by Gasteiger charge is 2.29. The lowest BCUT2D eigenvalue weighted by Gasteiger charge is -2.29. The van der Waals surface area contributed by atoms with Gasteiger partial charge in [0.05, 0.1) is 19.1 Å². The predicted octanol–water partition coefficient (Wildman–Crippen LogP) is 1.87. The fourth-order valence-electron chi connectivity index (χ4n) is 2.76. The predicted molar refractivity (Wildman–Crippen MR) is 90.1 cm³/mol. The zero-order valence-corrected chi connectivity index (χ0v) is 14.6. The highest BCUT2D eigenvalue weighted by molar-refractivity contribution is 7.88. The van der Waals surface area contributed by atoms with E-state index in [0.29, 0.717) is 37.4 Å². The molecule has 1 aliphatic heterocycles. The number of carbonyl (C=O) groups excluding carboxylic acids is 1. The van der Waals surface area contributed by atoms with Gasteiger partial charge in [-0.15, -0.1) is 0 Å². The standard InChI is InChI=1S/C16H24N2O4S/c1-4-12-5-6-15(22-2)14(11-12)17-16(19)13-7-9-18(10-8-13)23(3,20)21/h5-6,11,13H,4,7-10H2,1-3H3,(H,17,19). The van der Waals surface area contributed by atoms with Crippen molar-refractivity contribution >= 4 is 21.6 Å². The normalized spacial score (nSPS) is 17.0. The molecule has 0 aliphatic carbocycles. The molecule has 6 nitrogen and oxygen atoms in total. The number of piperidine rings is 1. The average Bonchev–Trinajstić information content (AvgIpc) is 2.54. The van der Waals surface area contributed by atoms with Crippen LogP contribution in [0.25, 0.3) is 0 Å². The van der Waals surface area contributed by atoms with Crippen LogP contribution in [0.1, 0.15) is 25.3 Å². The third-order valence-corrected chi connectivity index (χ3v) is 5.53. The molecule has 1 heterocycles. The van der Waals surface area contributed by atoms with Crippen LogP contribution in [0, 0.1) is 5.92 Å². The zero-order valence-electron chi connectivity index (χ0n) is 13.8. The van der Waals surface area contributed by atoms with Crippen molar-refractivity contribution in [2.24, 2.45) is 5.92 Å². The maximum atomic E-state index is 12.5. The van der Waals surface area contributed by atoms with E-state index in [0.717, 1.165) is 12.0 Å². The number of benzene rings is 1. The fourth-order valence-corrected chi connectivity index (χ4v) is 3.63. The minimum absolute atomic E-state index is 0.0790. The van der Waals surface area contributed by atoms with E-state index in [4.69, 9.17) is 4.74 Å². The summed E-state index contributed by atoms with van der Waals surface area (Å²) < 4.78 is 29.8. The van der Waals surface area contributed by atoms with Crippen molar-refractivity contribution in [2.45, 2.75) is 26.2 Å². The number of aryl methyl sites for hydroxylation is 1. The summed E-state index contributed by atoms with van der Waals surface area (Å²) in [4.78, 5) is 12.5. The van der Waals surface area contributed by atoms with E-state index in [1.54, 1.807) is 7.11 Å². The van der Waals surface area contributed by atoms with Crippen LogP contribution in [-0.4, -0.2) is 45.1 Å². The Bertz CT molecular complexity index is 665. The molecule has 1 amide bonds. The largest absolute Gasteiger partial charge is 0.495 e. The summed E-state index contributed by atoms with van der Waals surface area (Å²) in [6.07, 6.45) is 3.15. The fraction of sp³-hybridized carbons (Fsp3) is 0.562. The highest BCUT2D eigenvalue weighted by atomic mass is 32.2. The first-order valence-electron chi connectivity index (χ1n) is 7.78. The van der Waals surface area contributed by atoms with Crippen molar-refractivity contribution in [2.75, 3.05) is 31.8 Å². The summed E-state index contributed by atoms with van der Waals surface area (Å²) in [5.41, 5.74) is 1.79. The summed E-state index contributed by atoms with van der Waals surface area (Å²) in [7, 11) is -1.60. The van der Waals surface area contributed by atoms with Crippen molar-refractivity contribution in [1.29, 1.82) is 0 Å². The van der Waals surface area contributed by atoms with Crippen molar-refractivity contribution in [3.8, 4) is 5.75 Å². The highest BCUT2D eigenvalue weighted by Crippen LogP contribution is 2.28. The molecule has 2 rings (SSSR count). The van der Waals surface area contributed by atoms with Crippen LogP contribution >= 0.6 is 0 Å². The van der Waals surface area contributed by atoms with E-state index in [-0.39, 0.29) is 11.8 Å². The van der Waals surface area contributed by atoms with Gasteiger partial charge in [0.2, 0.25) is 15.9 Å². The van der Waals surface area contributed by atoms with Crippen LogP contribution in [0.3, 0.4) is 0 Å². The van der Waals surface area contributed by atoms with Crippen LogP contribution in [0.15, 0.2) is 18.2 Å². The van der Waals surface area contributed by atoms with Gasteiger partial charge >= 0.3 is 0 Å². The molecular weight excluding hydrogens is 316 g/mol. The van der Waals surface area contributed by atoms with E-state index in [1.807, 2.05) is 25.1 Å². The number of nitrogens with zero attached hydrogens (tertiary/aromatic N) is 1. The molecule has 1 aromatic carbocycles. The van der Waals surface area contributed by atoms with Crippen LogP contribution in [0.4, 0.5) is 5.69 Å². The zero-order chi connectivity index (χ0) is 17.0. The molecular formula is C16H24N2O4S. The van der Waals surface area contributed by atoms with Crippen molar-refractivity contribution in [3.63, 3.8) is 0 Å². The molecule has 1 fully saturated rings. The number of anilines is 1. The molecule has 7 heteroatoms. The minimum atomic E-state index is -3.17. The molecule has 0 radical (unpaired) electrons. The second kappa shape index (κ2) is 7.31. The summed E-state index contributed by atoms with van der Waals surface area (Å²) in [6.45, 7) is 2.83. The lowest BCUT2D eigenvalue weighted by atomic mass is 9.97. The molecule has 0 atom stereocenters. The lowest BCUT2D eigenvalue weighted by Crippen LogP contribution is -2.40. The van der Waals surface area contributed by atoms with E-state index in [2.05, 4.69) is 5.32 Å². The Morgan fingerprint density at radius 2 is 2.00 bits per heavy atom. The third-order valence-electron chi connectivity index (χ3n) is 4.22.